The van der Waals surface area contributed by atoms with Gasteiger partial charge >= 0.3 is 0 Å². The number of benzene rings is 1. The van der Waals surface area contributed by atoms with Crippen molar-refractivity contribution in [3.8, 4) is 0 Å². The number of nitrogens with one attached hydrogen (secondary N) is 1. The van der Waals surface area contributed by atoms with Crippen LogP contribution < -0.4 is 9.62 Å². The highest BCUT2D eigenvalue weighted by Crippen LogP contribution is 2.38. The van der Waals surface area contributed by atoms with E-state index in [9.17, 15) is 13.2 Å². The van der Waals surface area contributed by atoms with Crippen LogP contribution in [0, 0.1) is 0 Å². The van der Waals surface area contributed by atoms with Crippen molar-refractivity contribution in [1.82, 2.24) is 9.62 Å². The third-order valence-corrected chi connectivity index (χ3v) is 8.56. The molecule has 3 aliphatic rings. The maximum atomic E-state index is 13.2. The molecule has 1 N–H and O–H groups in total. The Hall–Kier alpha value is -1.81. The Morgan fingerprint density at radius 1 is 1.10 bits per heavy atom. The SMILES string of the molecule is O=C1CCc2cc(S(=O)(=O)NCC(c3ccoc3)N3CCSCC3)cc3c2N1CC3. The maximum Gasteiger partial charge on any atom is 0.240 e. The summed E-state index contributed by atoms with van der Waals surface area (Å²) < 4.78 is 34.5. The van der Waals surface area contributed by atoms with Crippen LogP contribution in [0.15, 0.2) is 40.0 Å². The van der Waals surface area contributed by atoms with Gasteiger partial charge in [0.25, 0.3) is 0 Å². The minimum absolute atomic E-state index is 0.0553. The molecule has 1 fully saturated rings. The summed E-state index contributed by atoms with van der Waals surface area (Å²) in [5.41, 5.74) is 3.85. The lowest BCUT2D eigenvalue weighted by atomic mass is 10.00. The van der Waals surface area contributed by atoms with E-state index in [1.807, 2.05) is 17.8 Å². The first-order valence-electron chi connectivity index (χ1n) is 10.3. The first kappa shape index (κ1) is 20.1. The van der Waals surface area contributed by atoms with E-state index >= 15 is 0 Å². The van der Waals surface area contributed by atoms with Crippen molar-refractivity contribution < 1.29 is 17.6 Å². The van der Waals surface area contributed by atoms with Crippen LogP contribution in [-0.2, 0) is 27.7 Å². The fourth-order valence-electron chi connectivity index (χ4n) is 4.66. The summed E-state index contributed by atoms with van der Waals surface area (Å²) in [6.45, 7) is 2.79. The number of carbonyl (C=O) groups excluding carboxylic acids is 1. The Balaban J connectivity index is 1.38. The Kier molecular flexibility index (Phi) is 5.38. The van der Waals surface area contributed by atoms with E-state index in [-0.39, 0.29) is 11.9 Å². The molecule has 0 spiro atoms. The van der Waals surface area contributed by atoms with Crippen molar-refractivity contribution in [2.75, 3.05) is 42.6 Å². The van der Waals surface area contributed by atoms with Gasteiger partial charge in [-0.1, -0.05) is 0 Å². The quantitative estimate of drug-likeness (QED) is 0.731. The van der Waals surface area contributed by atoms with Crippen LogP contribution >= 0.6 is 11.8 Å². The second kappa shape index (κ2) is 8.03. The Labute approximate surface area is 180 Å². The molecule has 5 rings (SSSR count). The first-order chi connectivity index (χ1) is 14.5. The molecule has 160 valence electrons. The Morgan fingerprint density at radius 3 is 2.60 bits per heavy atom. The molecule has 2 aromatic rings. The van der Waals surface area contributed by atoms with Crippen molar-refractivity contribution >= 4 is 33.4 Å². The molecule has 1 saturated heterocycles. The number of hydrogen-bond donors (Lipinski definition) is 1. The third-order valence-electron chi connectivity index (χ3n) is 6.22. The lowest BCUT2D eigenvalue weighted by molar-refractivity contribution is -0.118. The van der Waals surface area contributed by atoms with Gasteiger partial charge in [0.05, 0.1) is 29.2 Å². The van der Waals surface area contributed by atoms with E-state index in [1.54, 1.807) is 29.6 Å². The minimum atomic E-state index is -3.66. The third kappa shape index (κ3) is 3.68. The van der Waals surface area contributed by atoms with Crippen molar-refractivity contribution in [2.24, 2.45) is 0 Å². The molecule has 0 aliphatic carbocycles. The molecule has 1 aromatic carbocycles. The molecule has 4 heterocycles. The van der Waals surface area contributed by atoms with Crippen molar-refractivity contribution in [2.45, 2.75) is 30.2 Å². The molecule has 0 bridgehead atoms. The van der Waals surface area contributed by atoms with E-state index in [0.717, 1.165) is 47.0 Å². The molecule has 1 unspecified atom stereocenters. The predicted molar refractivity (Wildman–Crippen MR) is 116 cm³/mol. The van der Waals surface area contributed by atoms with Gasteiger partial charge in [0.15, 0.2) is 0 Å². The maximum absolute atomic E-state index is 13.2. The van der Waals surface area contributed by atoms with E-state index in [1.165, 1.54) is 0 Å². The van der Waals surface area contributed by atoms with Gasteiger partial charge in [0.2, 0.25) is 15.9 Å². The van der Waals surface area contributed by atoms with E-state index in [0.29, 0.717) is 37.2 Å². The average Bonchev–Trinajstić information content (AvgIpc) is 3.43. The fraction of sp³-hybridized carbons (Fsp3) is 0.476. The van der Waals surface area contributed by atoms with Crippen LogP contribution in [0.2, 0.25) is 0 Å². The van der Waals surface area contributed by atoms with Crippen LogP contribution in [0.3, 0.4) is 0 Å². The van der Waals surface area contributed by atoms with Gasteiger partial charge in [-0.05, 0) is 42.2 Å². The van der Waals surface area contributed by atoms with Gasteiger partial charge in [-0.3, -0.25) is 9.69 Å². The highest BCUT2D eigenvalue weighted by Gasteiger charge is 2.33. The number of hydrogen-bond acceptors (Lipinski definition) is 6. The standard InChI is InChI=1S/C21H25N3O4S2/c25-20-2-1-15-11-18(12-16-3-5-24(20)21(15)16)30(26,27)22-13-19(17-4-8-28-14-17)23-6-9-29-10-7-23/h4,8,11-12,14,19,22H,1-3,5-7,9-10,13H2. The number of carbonyl (C=O) groups is 1. The predicted octanol–water partition coefficient (Wildman–Crippen LogP) is 2.18. The number of rotatable bonds is 6. The average molecular weight is 448 g/mol. The highest BCUT2D eigenvalue weighted by molar-refractivity contribution is 7.99. The number of thioether (sulfide) groups is 1. The van der Waals surface area contributed by atoms with Crippen LogP contribution in [0.25, 0.3) is 0 Å². The van der Waals surface area contributed by atoms with E-state index < -0.39 is 10.0 Å². The topological polar surface area (TPSA) is 82.9 Å². The number of sulfonamides is 1. The van der Waals surface area contributed by atoms with Gasteiger partial charge in [-0.15, -0.1) is 0 Å². The normalized spacial score (nSPS) is 20.4. The monoisotopic (exact) mass is 447 g/mol. The molecule has 0 radical (unpaired) electrons. The number of furan rings is 1. The molecule has 30 heavy (non-hydrogen) atoms. The number of anilines is 1. The van der Waals surface area contributed by atoms with Crippen LogP contribution in [0.4, 0.5) is 5.69 Å². The molecule has 3 aliphatic heterocycles. The number of nitrogens with zero attached hydrogens (tertiary/aromatic N) is 2. The van der Waals surface area contributed by atoms with Crippen LogP contribution in [0.1, 0.15) is 29.2 Å². The summed E-state index contributed by atoms with van der Waals surface area (Å²) in [5.74, 6) is 2.23. The summed E-state index contributed by atoms with van der Waals surface area (Å²) in [6.07, 6.45) is 5.09. The largest absolute Gasteiger partial charge is 0.472 e. The second-order valence-electron chi connectivity index (χ2n) is 7.96. The zero-order valence-electron chi connectivity index (χ0n) is 16.7. The lowest BCUT2D eigenvalue weighted by Gasteiger charge is -2.34. The summed E-state index contributed by atoms with van der Waals surface area (Å²) in [5, 5.41) is 0. The Morgan fingerprint density at radius 2 is 1.87 bits per heavy atom. The molecule has 1 aromatic heterocycles. The van der Waals surface area contributed by atoms with Crippen molar-refractivity contribution in [1.29, 1.82) is 0 Å². The molecular formula is C21H25N3O4S2. The van der Waals surface area contributed by atoms with E-state index in [4.69, 9.17) is 4.42 Å². The van der Waals surface area contributed by atoms with Crippen LogP contribution in [0.5, 0.6) is 0 Å². The Bertz CT molecular complexity index is 1050. The molecule has 1 atom stereocenters. The zero-order valence-corrected chi connectivity index (χ0v) is 18.3. The summed E-state index contributed by atoms with van der Waals surface area (Å²) in [6, 6.07) is 5.34. The smallest absolute Gasteiger partial charge is 0.240 e. The summed E-state index contributed by atoms with van der Waals surface area (Å²) in [4.78, 5) is 16.5. The highest BCUT2D eigenvalue weighted by atomic mass is 32.2. The summed E-state index contributed by atoms with van der Waals surface area (Å²) in [7, 11) is -3.66. The fourth-order valence-corrected chi connectivity index (χ4v) is 6.73. The minimum Gasteiger partial charge on any atom is -0.472 e. The molecule has 9 heteroatoms. The van der Waals surface area contributed by atoms with Gasteiger partial charge in [0.1, 0.15) is 0 Å². The molecular weight excluding hydrogens is 422 g/mol. The summed E-state index contributed by atoms with van der Waals surface area (Å²) >= 11 is 1.92. The van der Waals surface area contributed by atoms with Gasteiger partial charge < -0.3 is 9.32 Å². The van der Waals surface area contributed by atoms with Crippen molar-refractivity contribution in [3.63, 3.8) is 0 Å². The molecule has 1 amide bonds. The van der Waals surface area contributed by atoms with Gasteiger partial charge in [0, 0.05) is 49.7 Å². The number of amides is 1. The van der Waals surface area contributed by atoms with E-state index in [2.05, 4.69) is 9.62 Å². The van der Waals surface area contributed by atoms with Gasteiger partial charge in [-0.25, -0.2) is 13.1 Å². The van der Waals surface area contributed by atoms with Gasteiger partial charge in [-0.2, -0.15) is 11.8 Å². The lowest BCUT2D eigenvalue weighted by Crippen LogP contribution is -2.42. The van der Waals surface area contributed by atoms with Crippen LogP contribution in [-0.4, -0.2) is 56.9 Å². The zero-order chi connectivity index (χ0) is 20.7. The molecule has 7 nitrogen and oxygen atoms in total. The van der Waals surface area contributed by atoms with Crippen molar-refractivity contribution in [3.05, 3.63) is 47.4 Å². The second-order valence-corrected chi connectivity index (χ2v) is 10.9. The first-order valence-corrected chi connectivity index (χ1v) is 13.0. The number of aryl methyl sites for hydroxylation is 1. The molecule has 0 saturated carbocycles.